The molecule has 0 aliphatic carbocycles. The number of hydrogen-bond donors (Lipinski definition) is 5. The van der Waals surface area contributed by atoms with Crippen molar-refractivity contribution >= 4 is 23.9 Å². The molecule has 0 saturated heterocycles. The highest BCUT2D eigenvalue weighted by Crippen LogP contribution is 2.16. The van der Waals surface area contributed by atoms with Crippen LogP contribution in [-0.2, 0) is 40.3 Å². The largest absolute Gasteiger partial charge is 0.445 e. The predicted octanol–water partition coefficient (Wildman–Crippen LogP) is 4.33. The second-order valence-corrected chi connectivity index (χ2v) is 12.1. The maximum absolute atomic E-state index is 13.7. The maximum atomic E-state index is 13.7. The van der Waals surface area contributed by atoms with Gasteiger partial charge in [-0.3, -0.25) is 9.78 Å². The third-order valence-corrected chi connectivity index (χ3v) is 7.80. The summed E-state index contributed by atoms with van der Waals surface area (Å²) >= 11 is 0. The summed E-state index contributed by atoms with van der Waals surface area (Å²) in [6, 6.07) is 23.6. The van der Waals surface area contributed by atoms with E-state index in [2.05, 4.69) is 25.9 Å². The zero-order chi connectivity index (χ0) is 35.0. The van der Waals surface area contributed by atoms with Crippen molar-refractivity contribution in [3.63, 3.8) is 0 Å². The third kappa shape index (κ3) is 12.6. The van der Waals surface area contributed by atoms with E-state index in [1.165, 1.54) is 6.20 Å². The third-order valence-electron chi connectivity index (χ3n) is 7.80. The number of nitrogens with two attached hydrogens (primary N) is 1. The molecule has 3 amide bonds. The van der Waals surface area contributed by atoms with Crippen molar-refractivity contribution in [2.45, 2.75) is 70.6 Å². The van der Waals surface area contributed by atoms with Crippen molar-refractivity contribution in [1.82, 2.24) is 25.9 Å². The Morgan fingerprint density at radius 2 is 1.33 bits per heavy atom. The van der Waals surface area contributed by atoms with Gasteiger partial charge in [-0.05, 0) is 48.4 Å². The summed E-state index contributed by atoms with van der Waals surface area (Å²) in [6.07, 6.45) is 3.07. The highest BCUT2D eigenvalue weighted by Gasteiger charge is 2.31. The van der Waals surface area contributed by atoms with Crippen LogP contribution in [0.3, 0.4) is 0 Å². The summed E-state index contributed by atoms with van der Waals surface area (Å²) in [5.74, 6) is -0.438. The van der Waals surface area contributed by atoms with Crippen molar-refractivity contribution in [2.75, 3.05) is 5.73 Å². The average molecular weight is 669 g/mol. The average Bonchev–Trinajstić information content (AvgIpc) is 3.10. The van der Waals surface area contributed by atoms with Crippen LogP contribution < -0.4 is 21.7 Å². The summed E-state index contributed by atoms with van der Waals surface area (Å²) < 4.78 is 10.8. The van der Waals surface area contributed by atoms with Crippen LogP contribution in [0.5, 0.6) is 0 Å². The normalized spacial score (nSPS) is 13.4. The molecular formula is C37H44N6O6. The first kappa shape index (κ1) is 36.3. The molecule has 2 aromatic carbocycles. The number of aromatic nitrogens is 2. The number of nitrogens with one attached hydrogen (secondary N) is 3. The lowest BCUT2D eigenvalue weighted by Crippen LogP contribution is -2.56. The molecule has 258 valence electrons. The van der Waals surface area contributed by atoms with Gasteiger partial charge in [0, 0.05) is 35.8 Å². The molecule has 4 rings (SSSR count). The second kappa shape index (κ2) is 18.7. The van der Waals surface area contributed by atoms with Gasteiger partial charge in [0.25, 0.3) is 0 Å². The molecule has 0 fully saturated rings. The van der Waals surface area contributed by atoms with Gasteiger partial charge in [-0.15, -0.1) is 0 Å². The standard InChI is InChI=1S/C37H44N6O6/c1-25(2)34(43-37(47)49-24-29-15-16-33(38)40-22-29)35(45)42-31(19-27-12-7-4-8-13-27)32(44)20-30(18-26-10-5-3-6-11-26)41-36(46)48-23-28-14-9-17-39-21-28/h3-17,21-22,25,30-32,34,44H,18-20,23-24H2,1-2H3,(H2,38,40)(H,41,46)(H,42,45)(H,43,47)/t30-,31-,32-,34-/m0/s1. The highest BCUT2D eigenvalue weighted by molar-refractivity contribution is 5.86. The van der Waals surface area contributed by atoms with Crippen LogP contribution in [0.15, 0.2) is 104 Å². The summed E-state index contributed by atoms with van der Waals surface area (Å²) in [5.41, 5.74) is 8.84. The molecule has 12 nitrogen and oxygen atoms in total. The number of aliphatic hydroxyl groups excluding tert-OH is 1. The zero-order valence-electron chi connectivity index (χ0n) is 27.7. The number of rotatable bonds is 16. The number of carbonyl (C=O) groups is 3. The van der Waals surface area contributed by atoms with Crippen LogP contribution in [0, 0.1) is 5.92 Å². The lowest BCUT2D eigenvalue weighted by molar-refractivity contribution is -0.125. The Labute approximate surface area is 286 Å². The Hall–Kier alpha value is -5.49. The van der Waals surface area contributed by atoms with Gasteiger partial charge in [0.15, 0.2) is 0 Å². The number of alkyl carbamates (subject to hydrolysis) is 2. The molecule has 2 heterocycles. The minimum Gasteiger partial charge on any atom is -0.445 e. The number of aliphatic hydroxyl groups is 1. The summed E-state index contributed by atoms with van der Waals surface area (Å²) in [4.78, 5) is 47.3. The first-order chi connectivity index (χ1) is 23.7. The zero-order valence-corrected chi connectivity index (χ0v) is 27.7. The van der Waals surface area contributed by atoms with E-state index in [1.54, 1.807) is 50.5 Å². The Morgan fingerprint density at radius 3 is 1.90 bits per heavy atom. The number of ether oxygens (including phenoxy) is 2. The summed E-state index contributed by atoms with van der Waals surface area (Å²) in [6.45, 7) is 3.58. The number of amides is 3. The molecule has 0 radical (unpaired) electrons. The molecule has 0 aliphatic heterocycles. The monoisotopic (exact) mass is 668 g/mol. The van der Waals surface area contributed by atoms with E-state index < -0.39 is 42.3 Å². The molecule has 4 aromatic rings. The van der Waals surface area contributed by atoms with Crippen LogP contribution in [0.1, 0.15) is 42.5 Å². The summed E-state index contributed by atoms with van der Waals surface area (Å²) in [5, 5.41) is 20.2. The van der Waals surface area contributed by atoms with Gasteiger partial charge < -0.3 is 36.3 Å². The van der Waals surface area contributed by atoms with E-state index in [0.717, 1.165) is 16.7 Å². The van der Waals surface area contributed by atoms with Crippen LogP contribution in [-0.4, -0.2) is 57.4 Å². The Morgan fingerprint density at radius 1 is 0.735 bits per heavy atom. The van der Waals surface area contributed by atoms with Gasteiger partial charge in [0.2, 0.25) is 5.91 Å². The van der Waals surface area contributed by atoms with Crippen LogP contribution in [0.4, 0.5) is 15.4 Å². The smallest absolute Gasteiger partial charge is 0.408 e. The Bertz CT molecular complexity index is 1590. The fraction of sp³-hybridized carbons (Fsp3) is 0.324. The number of nitrogens with zero attached hydrogens (tertiary/aromatic N) is 2. The van der Waals surface area contributed by atoms with Crippen molar-refractivity contribution < 1.29 is 29.0 Å². The van der Waals surface area contributed by atoms with Gasteiger partial charge in [-0.25, -0.2) is 14.6 Å². The lowest BCUT2D eigenvalue weighted by Gasteiger charge is -2.30. The molecule has 4 atom stereocenters. The van der Waals surface area contributed by atoms with Crippen molar-refractivity contribution in [3.05, 3.63) is 126 Å². The minimum absolute atomic E-state index is 0.0376. The topological polar surface area (TPSA) is 178 Å². The van der Waals surface area contributed by atoms with Crippen molar-refractivity contribution in [1.29, 1.82) is 0 Å². The number of nitrogen functional groups attached to an aromatic ring is 1. The van der Waals surface area contributed by atoms with Gasteiger partial charge in [0.1, 0.15) is 25.1 Å². The predicted molar refractivity (Wildman–Crippen MR) is 185 cm³/mol. The van der Waals surface area contributed by atoms with E-state index in [4.69, 9.17) is 15.2 Å². The number of anilines is 1. The number of hydrogen-bond acceptors (Lipinski definition) is 9. The van der Waals surface area contributed by atoms with Gasteiger partial charge in [-0.1, -0.05) is 86.6 Å². The quantitative estimate of drug-likeness (QED) is 0.116. The molecule has 0 aliphatic rings. The molecule has 6 N–H and O–H groups in total. The SMILES string of the molecule is CC(C)[C@H](NC(=O)OCc1ccc(N)nc1)C(=O)N[C@@H](Cc1ccccc1)[C@@H](O)C[C@H](Cc1ccccc1)NC(=O)OCc1cccnc1. The second-order valence-electron chi connectivity index (χ2n) is 12.1. The van der Waals surface area contributed by atoms with Crippen LogP contribution in [0.25, 0.3) is 0 Å². The van der Waals surface area contributed by atoms with E-state index in [0.29, 0.717) is 24.2 Å². The van der Waals surface area contributed by atoms with E-state index in [1.807, 2.05) is 60.7 Å². The number of benzene rings is 2. The fourth-order valence-electron chi connectivity index (χ4n) is 5.19. The maximum Gasteiger partial charge on any atom is 0.408 e. The van der Waals surface area contributed by atoms with E-state index in [9.17, 15) is 19.5 Å². The van der Waals surface area contributed by atoms with Crippen LogP contribution in [0.2, 0.25) is 0 Å². The lowest BCUT2D eigenvalue weighted by atomic mass is 9.93. The van der Waals surface area contributed by atoms with Gasteiger partial charge >= 0.3 is 12.2 Å². The molecule has 0 bridgehead atoms. The summed E-state index contributed by atoms with van der Waals surface area (Å²) in [7, 11) is 0. The fourth-order valence-corrected chi connectivity index (χ4v) is 5.19. The number of pyridine rings is 2. The van der Waals surface area contributed by atoms with Crippen molar-refractivity contribution in [2.24, 2.45) is 5.92 Å². The molecule has 0 unspecified atom stereocenters. The molecule has 0 spiro atoms. The van der Waals surface area contributed by atoms with Gasteiger partial charge in [-0.2, -0.15) is 0 Å². The molecule has 0 saturated carbocycles. The van der Waals surface area contributed by atoms with Crippen molar-refractivity contribution in [3.8, 4) is 0 Å². The molecule has 2 aromatic heterocycles. The van der Waals surface area contributed by atoms with E-state index in [-0.39, 0.29) is 25.6 Å². The first-order valence-corrected chi connectivity index (χ1v) is 16.2. The highest BCUT2D eigenvalue weighted by atomic mass is 16.6. The first-order valence-electron chi connectivity index (χ1n) is 16.2. The van der Waals surface area contributed by atoms with E-state index >= 15 is 0 Å². The Balaban J connectivity index is 1.45. The molecular weight excluding hydrogens is 624 g/mol. The van der Waals surface area contributed by atoms with Crippen LogP contribution >= 0.6 is 0 Å². The molecule has 12 heteroatoms. The Kier molecular flexibility index (Phi) is 13.9. The van der Waals surface area contributed by atoms with Gasteiger partial charge in [0.05, 0.1) is 12.1 Å². The molecule has 49 heavy (non-hydrogen) atoms. The minimum atomic E-state index is -1.09. The number of carbonyl (C=O) groups excluding carboxylic acids is 3.